The molecule has 1 aliphatic rings. The molecule has 0 atom stereocenters. The highest BCUT2D eigenvalue weighted by Crippen LogP contribution is 2.21. The van der Waals surface area contributed by atoms with E-state index < -0.39 is 0 Å². The van der Waals surface area contributed by atoms with Gasteiger partial charge in [-0.1, -0.05) is 6.92 Å². The monoisotopic (exact) mass is 247 g/mol. The lowest BCUT2D eigenvalue weighted by Crippen LogP contribution is -2.38. The largest absolute Gasteiger partial charge is 0.385 e. The summed E-state index contributed by atoms with van der Waals surface area (Å²) in [4.78, 5) is 18.5. The van der Waals surface area contributed by atoms with Gasteiger partial charge in [-0.15, -0.1) is 0 Å². The number of pyridine rings is 1. The fourth-order valence-corrected chi connectivity index (χ4v) is 2.29. The van der Waals surface area contributed by atoms with Crippen LogP contribution in [0.4, 0.5) is 5.69 Å². The van der Waals surface area contributed by atoms with E-state index in [0.717, 1.165) is 44.1 Å². The molecule has 2 rings (SSSR count). The summed E-state index contributed by atoms with van der Waals surface area (Å²) in [5.41, 5.74) is 1.57. The predicted molar refractivity (Wildman–Crippen MR) is 72.7 cm³/mol. The van der Waals surface area contributed by atoms with Crippen LogP contribution in [0.1, 0.15) is 37.0 Å². The van der Waals surface area contributed by atoms with Gasteiger partial charge in [-0.25, -0.2) is 0 Å². The van der Waals surface area contributed by atoms with Crippen LogP contribution in [0.2, 0.25) is 0 Å². The van der Waals surface area contributed by atoms with Crippen LogP contribution in [0.25, 0.3) is 0 Å². The molecule has 0 aromatic carbocycles. The molecule has 18 heavy (non-hydrogen) atoms. The molecule has 1 amide bonds. The van der Waals surface area contributed by atoms with Crippen molar-refractivity contribution in [2.45, 2.75) is 26.7 Å². The molecule has 1 aromatic rings. The molecule has 0 unspecified atom stereocenters. The number of likely N-dealkylation sites (tertiary alicyclic amines) is 1. The van der Waals surface area contributed by atoms with Gasteiger partial charge >= 0.3 is 0 Å². The molecule has 0 radical (unpaired) electrons. The van der Waals surface area contributed by atoms with Crippen molar-refractivity contribution < 1.29 is 4.79 Å². The Morgan fingerprint density at radius 2 is 2.22 bits per heavy atom. The summed E-state index contributed by atoms with van der Waals surface area (Å²) in [6.45, 7) is 6.80. The van der Waals surface area contributed by atoms with Gasteiger partial charge in [0, 0.05) is 32.0 Å². The quantitative estimate of drug-likeness (QED) is 0.892. The Hall–Kier alpha value is -1.58. The van der Waals surface area contributed by atoms with Crippen LogP contribution in [0.15, 0.2) is 18.5 Å². The van der Waals surface area contributed by atoms with Gasteiger partial charge in [-0.2, -0.15) is 0 Å². The van der Waals surface area contributed by atoms with Crippen molar-refractivity contribution >= 4 is 11.6 Å². The van der Waals surface area contributed by atoms with Crippen molar-refractivity contribution in [3.8, 4) is 0 Å². The number of aromatic nitrogens is 1. The molecular formula is C14H21N3O. The van der Waals surface area contributed by atoms with Gasteiger partial charge in [0.15, 0.2) is 0 Å². The van der Waals surface area contributed by atoms with E-state index in [0.29, 0.717) is 5.56 Å². The maximum Gasteiger partial charge on any atom is 0.257 e. The molecule has 98 valence electrons. The van der Waals surface area contributed by atoms with E-state index in [4.69, 9.17) is 0 Å². The zero-order valence-corrected chi connectivity index (χ0v) is 11.1. The van der Waals surface area contributed by atoms with Crippen LogP contribution < -0.4 is 5.32 Å². The fourth-order valence-electron chi connectivity index (χ4n) is 2.29. The topological polar surface area (TPSA) is 45.2 Å². The van der Waals surface area contributed by atoms with E-state index in [1.807, 2.05) is 17.9 Å². The van der Waals surface area contributed by atoms with Gasteiger partial charge in [-0.3, -0.25) is 9.78 Å². The normalized spacial score (nSPS) is 16.7. The van der Waals surface area contributed by atoms with Crippen molar-refractivity contribution in [1.82, 2.24) is 9.88 Å². The molecule has 0 spiro atoms. The Kier molecular flexibility index (Phi) is 4.18. The third kappa shape index (κ3) is 2.81. The lowest BCUT2D eigenvalue weighted by atomic mass is 9.98. The second-order valence-electron chi connectivity index (χ2n) is 4.93. The fraction of sp³-hybridized carbons (Fsp3) is 0.571. The Bertz CT molecular complexity index is 411. The number of nitrogens with one attached hydrogen (secondary N) is 1. The van der Waals surface area contributed by atoms with Crippen LogP contribution >= 0.6 is 0 Å². The average molecular weight is 247 g/mol. The highest BCUT2D eigenvalue weighted by Gasteiger charge is 2.23. The minimum atomic E-state index is 0.103. The second-order valence-corrected chi connectivity index (χ2v) is 4.93. The summed E-state index contributed by atoms with van der Waals surface area (Å²) in [5.74, 6) is 0.835. The number of nitrogens with zero attached hydrogens (tertiary/aromatic N) is 2. The van der Waals surface area contributed by atoms with E-state index >= 15 is 0 Å². The SMILES string of the molecule is CCNc1ccncc1C(=O)N1CCC(C)CC1. The van der Waals surface area contributed by atoms with Gasteiger partial charge in [0.05, 0.1) is 11.3 Å². The summed E-state index contributed by atoms with van der Waals surface area (Å²) >= 11 is 0. The number of carbonyl (C=O) groups is 1. The minimum absolute atomic E-state index is 0.103. The molecule has 0 saturated carbocycles. The highest BCUT2D eigenvalue weighted by molar-refractivity contribution is 5.99. The molecule has 4 heteroatoms. The molecule has 0 bridgehead atoms. The van der Waals surface area contributed by atoms with Crippen LogP contribution in [0.3, 0.4) is 0 Å². The lowest BCUT2D eigenvalue weighted by molar-refractivity contribution is 0.0698. The molecular weight excluding hydrogens is 226 g/mol. The Labute approximate surface area is 108 Å². The van der Waals surface area contributed by atoms with E-state index in [2.05, 4.69) is 17.2 Å². The summed E-state index contributed by atoms with van der Waals surface area (Å²) in [7, 11) is 0. The Morgan fingerprint density at radius 3 is 2.89 bits per heavy atom. The van der Waals surface area contributed by atoms with Gasteiger partial charge < -0.3 is 10.2 Å². The maximum absolute atomic E-state index is 12.4. The number of amides is 1. The Morgan fingerprint density at radius 1 is 1.50 bits per heavy atom. The lowest BCUT2D eigenvalue weighted by Gasteiger charge is -2.30. The van der Waals surface area contributed by atoms with E-state index in [1.54, 1.807) is 12.4 Å². The van der Waals surface area contributed by atoms with Crippen molar-refractivity contribution in [3.05, 3.63) is 24.0 Å². The van der Waals surface area contributed by atoms with Crippen molar-refractivity contribution in [2.75, 3.05) is 25.0 Å². The maximum atomic E-state index is 12.4. The number of rotatable bonds is 3. The number of piperidine rings is 1. The smallest absolute Gasteiger partial charge is 0.257 e. The first-order chi connectivity index (χ1) is 8.72. The highest BCUT2D eigenvalue weighted by atomic mass is 16.2. The summed E-state index contributed by atoms with van der Waals surface area (Å²) < 4.78 is 0. The molecule has 1 N–H and O–H groups in total. The van der Waals surface area contributed by atoms with Crippen molar-refractivity contribution in [2.24, 2.45) is 5.92 Å². The number of anilines is 1. The summed E-state index contributed by atoms with van der Waals surface area (Å²) in [5, 5.41) is 3.22. The third-order valence-corrected chi connectivity index (χ3v) is 3.49. The molecule has 0 aliphatic carbocycles. The van der Waals surface area contributed by atoms with Gasteiger partial charge in [0.1, 0.15) is 0 Å². The standard InChI is InChI=1S/C14H21N3O/c1-3-16-13-4-7-15-10-12(13)14(18)17-8-5-11(2)6-9-17/h4,7,10-11H,3,5-6,8-9H2,1-2H3,(H,15,16). The molecule has 1 aliphatic heterocycles. The van der Waals surface area contributed by atoms with E-state index in [1.165, 1.54) is 0 Å². The molecule has 2 heterocycles. The first-order valence-corrected chi connectivity index (χ1v) is 6.69. The van der Waals surface area contributed by atoms with Crippen molar-refractivity contribution in [3.63, 3.8) is 0 Å². The minimum Gasteiger partial charge on any atom is -0.385 e. The van der Waals surface area contributed by atoms with E-state index in [9.17, 15) is 4.79 Å². The van der Waals surface area contributed by atoms with E-state index in [-0.39, 0.29) is 5.91 Å². The molecule has 1 saturated heterocycles. The van der Waals surface area contributed by atoms with Crippen LogP contribution in [0, 0.1) is 5.92 Å². The van der Waals surface area contributed by atoms with Gasteiger partial charge in [0.25, 0.3) is 5.91 Å². The van der Waals surface area contributed by atoms with Gasteiger partial charge in [-0.05, 0) is 31.7 Å². The predicted octanol–water partition coefficient (Wildman–Crippen LogP) is 2.39. The third-order valence-electron chi connectivity index (χ3n) is 3.49. The van der Waals surface area contributed by atoms with Crippen LogP contribution in [-0.2, 0) is 0 Å². The van der Waals surface area contributed by atoms with Crippen LogP contribution in [-0.4, -0.2) is 35.4 Å². The number of hydrogen-bond donors (Lipinski definition) is 1. The average Bonchev–Trinajstić information content (AvgIpc) is 2.40. The zero-order chi connectivity index (χ0) is 13.0. The number of carbonyl (C=O) groups excluding carboxylic acids is 1. The first-order valence-electron chi connectivity index (χ1n) is 6.69. The second kappa shape index (κ2) is 5.85. The van der Waals surface area contributed by atoms with Gasteiger partial charge in [0.2, 0.25) is 0 Å². The molecule has 1 aromatic heterocycles. The number of hydrogen-bond acceptors (Lipinski definition) is 3. The first kappa shape index (κ1) is 12.9. The molecule has 1 fully saturated rings. The summed E-state index contributed by atoms with van der Waals surface area (Å²) in [6, 6.07) is 1.86. The van der Waals surface area contributed by atoms with Crippen LogP contribution in [0.5, 0.6) is 0 Å². The zero-order valence-electron chi connectivity index (χ0n) is 11.1. The van der Waals surface area contributed by atoms with Crippen molar-refractivity contribution in [1.29, 1.82) is 0 Å². The molecule has 4 nitrogen and oxygen atoms in total. The Balaban J connectivity index is 2.13. The summed E-state index contributed by atoms with van der Waals surface area (Å²) in [6.07, 6.45) is 5.58.